The van der Waals surface area contributed by atoms with Gasteiger partial charge in [0, 0.05) is 5.38 Å². The molecule has 1 unspecified atom stereocenters. The summed E-state index contributed by atoms with van der Waals surface area (Å²) in [6, 6.07) is -0.0946. The Balaban J connectivity index is 2.13. The van der Waals surface area contributed by atoms with Crippen molar-refractivity contribution in [3.8, 4) is 0 Å². The van der Waals surface area contributed by atoms with Crippen LogP contribution in [0.2, 0.25) is 0 Å². The second-order valence-electron chi connectivity index (χ2n) is 4.87. The fourth-order valence-electron chi connectivity index (χ4n) is 2.16. The van der Waals surface area contributed by atoms with Gasteiger partial charge in [-0.05, 0) is 38.2 Å². The van der Waals surface area contributed by atoms with Gasteiger partial charge < -0.3 is 5.73 Å². The van der Waals surface area contributed by atoms with E-state index in [2.05, 4.69) is 11.1 Å². The van der Waals surface area contributed by atoms with Crippen LogP contribution in [0.25, 0.3) is 0 Å². The summed E-state index contributed by atoms with van der Waals surface area (Å²) >= 11 is 1.48. The van der Waals surface area contributed by atoms with Crippen molar-refractivity contribution < 1.29 is 4.79 Å². The fraction of sp³-hybridized carbons (Fsp3) is 0.571. The van der Waals surface area contributed by atoms with E-state index in [1.807, 2.05) is 12.3 Å². The Hall–Kier alpha value is -1.00. The van der Waals surface area contributed by atoms with E-state index in [-0.39, 0.29) is 11.8 Å². The zero-order valence-corrected chi connectivity index (χ0v) is 11.6. The molecule has 1 atom stereocenters. The Morgan fingerprint density at radius 2 is 2.17 bits per heavy atom. The van der Waals surface area contributed by atoms with E-state index in [0.29, 0.717) is 5.69 Å². The third-order valence-corrected chi connectivity index (χ3v) is 4.27. The second-order valence-corrected chi connectivity index (χ2v) is 5.76. The highest BCUT2D eigenvalue weighted by Gasteiger charge is 2.17. The van der Waals surface area contributed by atoms with Gasteiger partial charge in [0.1, 0.15) is 10.7 Å². The number of nitrogens with zero attached hydrogens (tertiary/aromatic N) is 1. The van der Waals surface area contributed by atoms with Gasteiger partial charge in [0.2, 0.25) is 5.78 Å². The van der Waals surface area contributed by atoms with E-state index in [1.165, 1.54) is 30.6 Å². The van der Waals surface area contributed by atoms with E-state index < -0.39 is 0 Å². The highest BCUT2D eigenvalue weighted by molar-refractivity contribution is 7.09. The largest absolute Gasteiger partial charge is 0.322 e. The van der Waals surface area contributed by atoms with Crippen molar-refractivity contribution in [3.05, 3.63) is 27.7 Å². The predicted molar refractivity (Wildman–Crippen MR) is 74.8 cm³/mol. The van der Waals surface area contributed by atoms with Crippen LogP contribution in [0.5, 0.6) is 0 Å². The summed E-state index contributed by atoms with van der Waals surface area (Å²) in [4.78, 5) is 16.7. The number of hydrogen-bond acceptors (Lipinski definition) is 4. The normalized spacial score (nSPS) is 18.7. The van der Waals surface area contributed by atoms with Crippen molar-refractivity contribution in [1.29, 1.82) is 0 Å². The topological polar surface area (TPSA) is 56.0 Å². The van der Waals surface area contributed by atoms with Crippen molar-refractivity contribution >= 4 is 17.1 Å². The summed E-state index contributed by atoms with van der Waals surface area (Å²) < 4.78 is 0. The van der Waals surface area contributed by atoms with Gasteiger partial charge in [-0.2, -0.15) is 0 Å². The molecule has 1 aliphatic rings. The molecule has 0 aromatic carbocycles. The fourth-order valence-corrected chi connectivity index (χ4v) is 2.92. The van der Waals surface area contributed by atoms with Gasteiger partial charge in [-0.25, -0.2) is 4.98 Å². The van der Waals surface area contributed by atoms with Crippen LogP contribution >= 0.6 is 11.3 Å². The summed E-state index contributed by atoms with van der Waals surface area (Å²) in [5.41, 5.74) is 7.28. The number of aromatic nitrogens is 1. The van der Waals surface area contributed by atoms with Gasteiger partial charge in [-0.15, -0.1) is 11.3 Å². The van der Waals surface area contributed by atoms with Gasteiger partial charge in [0.05, 0.1) is 6.04 Å². The van der Waals surface area contributed by atoms with Gasteiger partial charge in [-0.3, -0.25) is 4.79 Å². The Labute approximate surface area is 112 Å². The zero-order valence-electron chi connectivity index (χ0n) is 10.8. The molecule has 0 spiro atoms. The number of nitrogens with two attached hydrogens (primary N) is 1. The molecule has 2 rings (SSSR count). The number of hydrogen-bond donors (Lipinski definition) is 1. The standard InChI is InChI=1S/C14H20N2OS/c1-10(15)14-16-12(9-18-14)13(17)11-7-5-3-2-4-6-8-11/h7,9-10H,2-6,8,15H2,1H3. The number of ketones is 1. The number of allylic oxidation sites excluding steroid dienone is 2. The van der Waals surface area contributed by atoms with Crippen LogP contribution in [-0.4, -0.2) is 10.8 Å². The maximum absolute atomic E-state index is 12.3. The summed E-state index contributed by atoms with van der Waals surface area (Å²) in [5.74, 6) is 0.0973. The quantitative estimate of drug-likeness (QED) is 0.848. The maximum atomic E-state index is 12.3. The molecule has 1 heterocycles. The monoisotopic (exact) mass is 264 g/mol. The predicted octanol–water partition coefficient (Wildman–Crippen LogP) is 3.63. The van der Waals surface area contributed by atoms with Gasteiger partial charge in [0.25, 0.3) is 0 Å². The van der Waals surface area contributed by atoms with Gasteiger partial charge in [-0.1, -0.05) is 18.9 Å². The minimum Gasteiger partial charge on any atom is -0.322 e. The summed E-state index contributed by atoms with van der Waals surface area (Å²) in [7, 11) is 0. The number of carbonyl (C=O) groups is 1. The van der Waals surface area contributed by atoms with E-state index >= 15 is 0 Å². The van der Waals surface area contributed by atoms with Crippen LogP contribution in [0.1, 0.15) is 67.0 Å². The average molecular weight is 264 g/mol. The first-order chi connectivity index (χ1) is 8.68. The second kappa shape index (κ2) is 6.25. The van der Waals surface area contributed by atoms with Crippen LogP contribution in [0.4, 0.5) is 0 Å². The van der Waals surface area contributed by atoms with Crippen molar-refractivity contribution in [3.63, 3.8) is 0 Å². The smallest absolute Gasteiger partial charge is 0.207 e. The first-order valence-electron chi connectivity index (χ1n) is 6.63. The van der Waals surface area contributed by atoms with Gasteiger partial charge in [0.15, 0.2) is 0 Å². The molecule has 0 saturated carbocycles. The highest BCUT2D eigenvalue weighted by atomic mass is 32.1. The molecule has 0 radical (unpaired) electrons. The minimum atomic E-state index is -0.0946. The van der Waals surface area contributed by atoms with Crippen LogP contribution in [0.15, 0.2) is 17.0 Å². The molecule has 0 aliphatic heterocycles. The Morgan fingerprint density at radius 3 is 2.89 bits per heavy atom. The first kappa shape index (κ1) is 13.4. The lowest BCUT2D eigenvalue weighted by molar-refractivity contribution is 0.102. The van der Waals surface area contributed by atoms with Crippen molar-refractivity contribution in [2.45, 2.75) is 51.5 Å². The van der Waals surface area contributed by atoms with E-state index in [4.69, 9.17) is 5.73 Å². The molecule has 0 fully saturated rings. The molecular weight excluding hydrogens is 244 g/mol. The van der Waals surface area contributed by atoms with Crippen LogP contribution in [-0.2, 0) is 0 Å². The molecule has 1 aromatic heterocycles. The summed E-state index contributed by atoms with van der Waals surface area (Å²) in [5, 5.41) is 2.67. The highest BCUT2D eigenvalue weighted by Crippen LogP contribution is 2.23. The molecule has 4 heteroatoms. The molecule has 2 N–H and O–H groups in total. The van der Waals surface area contributed by atoms with Crippen molar-refractivity contribution in [2.24, 2.45) is 5.73 Å². The zero-order chi connectivity index (χ0) is 13.0. The average Bonchev–Trinajstić information content (AvgIpc) is 2.77. The molecule has 98 valence electrons. The number of thiazole rings is 1. The van der Waals surface area contributed by atoms with Crippen molar-refractivity contribution in [2.75, 3.05) is 0 Å². The summed E-state index contributed by atoms with van der Waals surface area (Å²) in [6.07, 6.45) is 8.83. The number of carbonyl (C=O) groups excluding carboxylic acids is 1. The number of Topliss-reactive ketones (excluding diaryl/α,β-unsaturated/α-hetero) is 1. The molecule has 3 nitrogen and oxygen atoms in total. The molecule has 1 aromatic rings. The lowest BCUT2D eigenvalue weighted by Gasteiger charge is -2.09. The van der Waals surface area contributed by atoms with E-state index in [0.717, 1.165) is 29.8 Å². The molecule has 0 bridgehead atoms. The maximum Gasteiger partial charge on any atom is 0.207 e. The molecule has 0 amide bonds. The number of rotatable bonds is 3. The molecule has 0 saturated heterocycles. The molecule has 1 aliphatic carbocycles. The molecular formula is C14H20N2OS. The van der Waals surface area contributed by atoms with Crippen molar-refractivity contribution in [1.82, 2.24) is 4.98 Å². The molecule has 18 heavy (non-hydrogen) atoms. The Morgan fingerprint density at radius 1 is 1.39 bits per heavy atom. The van der Waals surface area contributed by atoms with Gasteiger partial charge >= 0.3 is 0 Å². The first-order valence-corrected chi connectivity index (χ1v) is 7.51. The third-order valence-electron chi connectivity index (χ3n) is 3.23. The Kier molecular flexibility index (Phi) is 4.66. The lowest BCUT2D eigenvalue weighted by Crippen LogP contribution is -2.08. The Bertz CT molecular complexity index is 448. The summed E-state index contributed by atoms with van der Waals surface area (Å²) in [6.45, 7) is 1.89. The van der Waals surface area contributed by atoms with E-state index in [1.54, 1.807) is 0 Å². The van der Waals surface area contributed by atoms with E-state index in [9.17, 15) is 4.79 Å². The SMILES string of the molecule is CC(N)c1nc(C(=O)C2=CCCCCCC2)cs1. The van der Waals surface area contributed by atoms with Crippen LogP contribution < -0.4 is 5.73 Å². The van der Waals surface area contributed by atoms with Crippen LogP contribution in [0.3, 0.4) is 0 Å². The lowest BCUT2D eigenvalue weighted by atomic mass is 9.96. The minimum absolute atomic E-state index is 0.0946. The van der Waals surface area contributed by atoms with Crippen LogP contribution in [0, 0.1) is 0 Å². The third kappa shape index (κ3) is 3.27.